The number of sulfonamides is 1. The highest BCUT2D eigenvalue weighted by Gasteiger charge is 2.50. The SMILES string of the molecule is O=C(O)CCN(C1(C(=O)NO)CCOCC1)S(=O)(=O)c1ccc(Oc2ccc(F)cc2)cc1. The van der Waals surface area contributed by atoms with Crippen molar-refractivity contribution in [3.05, 3.63) is 54.3 Å². The summed E-state index contributed by atoms with van der Waals surface area (Å²) in [5.74, 6) is -2.01. The molecule has 1 amide bonds. The number of hydrogen-bond donors (Lipinski definition) is 3. The van der Waals surface area contributed by atoms with E-state index in [4.69, 9.17) is 14.6 Å². The van der Waals surface area contributed by atoms with Gasteiger partial charge in [0.25, 0.3) is 5.91 Å². The summed E-state index contributed by atoms with van der Waals surface area (Å²) in [6.45, 7) is -0.382. The number of carbonyl (C=O) groups is 2. The van der Waals surface area contributed by atoms with Gasteiger partial charge in [0.05, 0.1) is 11.3 Å². The average Bonchev–Trinajstić information content (AvgIpc) is 2.80. The summed E-state index contributed by atoms with van der Waals surface area (Å²) in [5.41, 5.74) is -0.205. The molecule has 10 nitrogen and oxygen atoms in total. The lowest BCUT2D eigenvalue weighted by molar-refractivity contribution is -0.146. The Labute approximate surface area is 189 Å². The number of aliphatic carboxylic acids is 1. The van der Waals surface area contributed by atoms with Crippen molar-refractivity contribution in [3.63, 3.8) is 0 Å². The van der Waals surface area contributed by atoms with Crippen LogP contribution in [-0.4, -0.2) is 60.2 Å². The molecule has 0 aliphatic carbocycles. The van der Waals surface area contributed by atoms with Crippen molar-refractivity contribution in [1.29, 1.82) is 0 Å². The Kier molecular flexibility index (Phi) is 7.64. The van der Waals surface area contributed by atoms with Gasteiger partial charge in [0.15, 0.2) is 0 Å². The number of amides is 1. The number of rotatable bonds is 9. The molecule has 3 rings (SSSR count). The van der Waals surface area contributed by atoms with E-state index in [0.717, 1.165) is 4.31 Å². The van der Waals surface area contributed by atoms with Crippen LogP contribution in [0.3, 0.4) is 0 Å². The van der Waals surface area contributed by atoms with Crippen LogP contribution in [0.4, 0.5) is 4.39 Å². The van der Waals surface area contributed by atoms with Gasteiger partial charge >= 0.3 is 5.97 Å². The maximum absolute atomic E-state index is 13.5. The molecular formula is C21H23FN2O8S. The number of nitrogens with one attached hydrogen (secondary N) is 1. The second-order valence-electron chi connectivity index (χ2n) is 7.33. The van der Waals surface area contributed by atoms with E-state index in [1.807, 2.05) is 0 Å². The number of benzene rings is 2. The molecule has 0 radical (unpaired) electrons. The predicted octanol–water partition coefficient (Wildman–Crippen LogP) is 2.14. The molecule has 0 atom stereocenters. The van der Waals surface area contributed by atoms with Crippen LogP contribution >= 0.6 is 0 Å². The molecule has 1 fully saturated rings. The molecule has 12 heteroatoms. The number of ether oxygens (including phenoxy) is 2. The summed E-state index contributed by atoms with van der Waals surface area (Å²) in [6, 6.07) is 10.5. The first-order chi connectivity index (χ1) is 15.7. The summed E-state index contributed by atoms with van der Waals surface area (Å²) in [6.07, 6.45) is -0.680. The molecule has 0 spiro atoms. The molecule has 33 heavy (non-hydrogen) atoms. The van der Waals surface area contributed by atoms with Crippen LogP contribution in [0.1, 0.15) is 19.3 Å². The molecule has 178 valence electrons. The lowest BCUT2D eigenvalue weighted by Crippen LogP contribution is -2.62. The van der Waals surface area contributed by atoms with E-state index in [0.29, 0.717) is 5.75 Å². The van der Waals surface area contributed by atoms with E-state index < -0.39 is 46.2 Å². The van der Waals surface area contributed by atoms with Gasteiger partial charge in [-0.3, -0.25) is 14.8 Å². The van der Waals surface area contributed by atoms with Crippen LogP contribution in [0.5, 0.6) is 11.5 Å². The van der Waals surface area contributed by atoms with Crippen molar-refractivity contribution in [3.8, 4) is 11.5 Å². The van der Waals surface area contributed by atoms with E-state index in [-0.39, 0.29) is 36.7 Å². The molecule has 0 aromatic heterocycles. The highest BCUT2D eigenvalue weighted by Crippen LogP contribution is 2.34. The number of carbonyl (C=O) groups excluding carboxylic acids is 1. The van der Waals surface area contributed by atoms with Crippen LogP contribution in [0, 0.1) is 5.82 Å². The molecule has 2 aromatic rings. The molecule has 0 saturated carbocycles. The molecule has 1 saturated heterocycles. The molecule has 3 N–H and O–H groups in total. The van der Waals surface area contributed by atoms with Crippen molar-refractivity contribution < 1.29 is 42.2 Å². The fourth-order valence-corrected chi connectivity index (χ4v) is 5.40. The summed E-state index contributed by atoms with van der Waals surface area (Å²) >= 11 is 0. The van der Waals surface area contributed by atoms with E-state index in [9.17, 15) is 27.6 Å². The van der Waals surface area contributed by atoms with Crippen LogP contribution in [-0.2, 0) is 24.3 Å². The zero-order valence-electron chi connectivity index (χ0n) is 17.4. The number of carboxylic acids is 1. The standard InChI is InChI=1S/C21H23FN2O8S/c22-15-1-3-16(4-2-15)32-17-5-7-18(8-6-17)33(29,30)24(12-9-19(25)26)21(20(27)23-28)10-13-31-14-11-21/h1-8,28H,9-14H2,(H,23,27)(H,25,26). The average molecular weight is 482 g/mol. The first-order valence-electron chi connectivity index (χ1n) is 9.99. The molecule has 1 aliphatic heterocycles. The normalized spacial score (nSPS) is 15.7. The first kappa shape index (κ1) is 24.6. The van der Waals surface area contributed by atoms with E-state index in [2.05, 4.69) is 0 Å². The number of halogens is 1. The highest BCUT2D eigenvalue weighted by molar-refractivity contribution is 7.89. The number of carboxylic acid groups (broad SMARTS) is 1. The summed E-state index contributed by atoms with van der Waals surface area (Å²) < 4.78 is 51.7. The van der Waals surface area contributed by atoms with Gasteiger partial charge in [-0.05, 0) is 61.4 Å². The molecule has 0 unspecified atom stereocenters. The largest absolute Gasteiger partial charge is 0.481 e. The zero-order valence-corrected chi connectivity index (χ0v) is 18.3. The second kappa shape index (κ2) is 10.3. The van der Waals surface area contributed by atoms with Crippen molar-refractivity contribution in [2.75, 3.05) is 19.8 Å². The highest BCUT2D eigenvalue weighted by atomic mass is 32.2. The predicted molar refractivity (Wildman–Crippen MR) is 112 cm³/mol. The summed E-state index contributed by atoms with van der Waals surface area (Å²) in [7, 11) is -4.37. The van der Waals surface area contributed by atoms with Gasteiger partial charge in [-0.2, -0.15) is 4.31 Å². The quantitative estimate of drug-likeness (QED) is 0.364. The van der Waals surface area contributed by atoms with Crippen LogP contribution in [0.15, 0.2) is 53.4 Å². The van der Waals surface area contributed by atoms with E-state index in [1.54, 1.807) is 0 Å². The summed E-state index contributed by atoms with van der Waals surface area (Å²) in [4.78, 5) is 23.6. The third-order valence-corrected chi connectivity index (χ3v) is 7.29. The number of hydroxylamine groups is 1. The lowest BCUT2D eigenvalue weighted by atomic mass is 9.89. The fourth-order valence-electron chi connectivity index (χ4n) is 3.61. The fraction of sp³-hybridized carbons (Fsp3) is 0.333. The number of hydrogen-bond acceptors (Lipinski definition) is 7. The Morgan fingerprint density at radius 3 is 2.12 bits per heavy atom. The monoisotopic (exact) mass is 482 g/mol. The van der Waals surface area contributed by atoms with Gasteiger partial charge in [0, 0.05) is 19.8 Å². The minimum absolute atomic E-state index is 0.0525. The Balaban J connectivity index is 1.94. The van der Waals surface area contributed by atoms with Gasteiger partial charge in [0.1, 0.15) is 22.9 Å². The van der Waals surface area contributed by atoms with Gasteiger partial charge in [-0.25, -0.2) is 18.3 Å². The molecule has 0 bridgehead atoms. The smallest absolute Gasteiger partial charge is 0.304 e. The Hall–Kier alpha value is -3.06. The van der Waals surface area contributed by atoms with Gasteiger partial charge in [0.2, 0.25) is 10.0 Å². The van der Waals surface area contributed by atoms with Gasteiger partial charge in [-0.15, -0.1) is 0 Å². The van der Waals surface area contributed by atoms with Gasteiger partial charge < -0.3 is 14.6 Å². The molecular weight excluding hydrogens is 459 g/mol. The lowest BCUT2D eigenvalue weighted by Gasteiger charge is -2.43. The van der Waals surface area contributed by atoms with E-state index >= 15 is 0 Å². The van der Waals surface area contributed by atoms with Crippen LogP contribution in [0.25, 0.3) is 0 Å². The molecule has 2 aromatic carbocycles. The Morgan fingerprint density at radius 2 is 1.61 bits per heavy atom. The Bertz CT molecular complexity index is 1080. The number of nitrogens with zero attached hydrogens (tertiary/aromatic N) is 1. The Morgan fingerprint density at radius 1 is 1.06 bits per heavy atom. The van der Waals surface area contributed by atoms with Gasteiger partial charge in [-0.1, -0.05) is 0 Å². The van der Waals surface area contributed by atoms with Crippen molar-refractivity contribution in [2.45, 2.75) is 29.7 Å². The third-order valence-electron chi connectivity index (χ3n) is 5.31. The second-order valence-corrected chi connectivity index (χ2v) is 9.20. The van der Waals surface area contributed by atoms with Crippen molar-refractivity contribution >= 4 is 21.9 Å². The van der Waals surface area contributed by atoms with Crippen LogP contribution in [0.2, 0.25) is 0 Å². The minimum atomic E-state index is -4.37. The van der Waals surface area contributed by atoms with Crippen LogP contribution < -0.4 is 10.2 Å². The maximum Gasteiger partial charge on any atom is 0.304 e. The third kappa shape index (κ3) is 5.47. The van der Waals surface area contributed by atoms with Crippen molar-refractivity contribution in [1.82, 2.24) is 9.79 Å². The minimum Gasteiger partial charge on any atom is -0.481 e. The van der Waals surface area contributed by atoms with E-state index in [1.165, 1.54) is 54.0 Å². The molecule has 1 aliphatic rings. The maximum atomic E-state index is 13.5. The topological polar surface area (TPSA) is 142 Å². The first-order valence-corrected chi connectivity index (χ1v) is 11.4. The van der Waals surface area contributed by atoms with Crippen molar-refractivity contribution in [2.24, 2.45) is 0 Å². The zero-order chi connectivity index (χ0) is 24.1. The molecule has 1 heterocycles. The summed E-state index contributed by atoms with van der Waals surface area (Å²) in [5, 5.41) is 18.4.